The number of aryl methyl sites for hydroxylation is 1. The van der Waals surface area contributed by atoms with Crippen LogP contribution in [-0.4, -0.2) is 42.7 Å². The Hall–Kier alpha value is -3.37. The molecule has 0 atom stereocenters. The first kappa shape index (κ1) is 18.4. The summed E-state index contributed by atoms with van der Waals surface area (Å²) in [6.07, 6.45) is -1.94. The van der Waals surface area contributed by atoms with Gasteiger partial charge in [0.2, 0.25) is 0 Å². The molecule has 0 spiro atoms. The fourth-order valence-electron chi connectivity index (χ4n) is 2.05. The highest BCUT2D eigenvalue weighted by atomic mass is 19.4. The largest absolute Gasteiger partial charge is 0.454 e. The predicted octanol–water partition coefficient (Wildman–Crippen LogP) is 1.79. The van der Waals surface area contributed by atoms with Crippen LogP contribution in [0, 0.1) is 6.92 Å². The minimum atomic E-state index is -4.47. The Kier molecular flexibility index (Phi) is 5.10. The van der Waals surface area contributed by atoms with Crippen LogP contribution in [0.5, 0.6) is 6.01 Å². The van der Waals surface area contributed by atoms with Crippen LogP contribution in [0.25, 0.3) is 11.3 Å². The Morgan fingerprint density at radius 1 is 1.07 bits per heavy atom. The molecule has 27 heavy (non-hydrogen) atoms. The molecule has 0 fully saturated rings. The van der Waals surface area contributed by atoms with Gasteiger partial charge in [0.25, 0.3) is 5.56 Å². The van der Waals surface area contributed by atoms with E-state index in [4.69, 9.17) is 0 Å². The minimum Gasteiger partial charge on any atom is -0.454 e. The Morgan fingerprint density at radius 2 is 1.81 bits per heavy atom. The van der Waals surface area contributed by atoms with Gasteiger partial charge in [-0.15, -0.1) is 0 Å². The molecule has 0 unspecified atom stereocenters. The molecule has 3 heterocycles. The molecular formula is C16H13F3N6O2. The van der Waals surface area contributed by atoms with E-state index in [9.17, 15) is 18.0 Å². The molecule has 0 bridgehead atoms. The Morgan fingerprint density at radius 3 is 2.44 bits per heavy atom. The number of ether oxygens (including phenoxy) is 1. The molecule has 0 amide bonds. The van der Waals surface area contributed by atoms with Gasteiger partial charge in [-0.25, -0.2) is 14.6 Å². The maximum atomic E-state index is 12.1. The number of nitrogens with zero attached hydrogens (tertiary/aromatic N) is 6. The van der Waals surface area contributed by atoms with E-state index in [1.165, 1.54) is 29.2 Å². The van der Waals surface area contributed by atoms with Crippen LogP contribution in [0.4, 0.5) is 13.2 Å². The average Bonchev–Trinajstić information content (AvgIpc) is 2.63. The lowest BCUT2D eigenvalue weighted by Crippen LogP contribution is -2.23. The van der Waals surface area contributed by atoms with E-state index < -0.39 is 18.8 Å². The van der Waals surface area contributed by atoms with Crippen molar-refractivity contribution in [2.45, 2.75) is 19.6 Å². The smallest absolute Gasteiger partial charge is 0.422 e. The monoisotopic (exact) mass is 378 g/mol. The van der Waals surface area contributed by atoms with Crippen molar-refractivity contribution in [2.24, 2.45) is 0 Å². The van der Waals surface area contributed by atoms with Crippen molar-refractivity contribution >= 4 is 0 Å². The third-order valence-electron chi connectivity index (χ3n) is 3.32. The van der Waals surface area contributed by atoms with Crippen LogP contribution in [0.15, 0.2) is 41.5 Å². The van der Waals surface area contributed by atoms with E-state index >= 15 is 0 Å². The number of alkyl halides is 3. The normalized spacial score (nSPS) is 11.4. The molecule has 0 aliphatic heterocycles. The molecule has 8 nitrogen and oxygen atoms in total. The minimum absolute atomic E-state index is 0.119. The number of hydrogen-bond acceptors (Lipinski definition) is 7. The second-order valence-electron chi connectivity index (χ2n) is 5.54. The van der Waals surface area contributed by atoms with Gasteiger partial charge in [0.05, 0.1) is 23.6 Å². The number of aromatic nitrogens is 6. The molecule has 0 aromatic carbocycles. The maximum Gasteiger partial charge on any atom is 0.422 e. The van der Waals surface area contributed by atoms with Crippen molar-refractivity contribution in [3.8, 4) is 17.3 Å². The predicted molar refractivity (Wildman–Crippen MR) is 86.9 cm³/mol. The SMILES string of the molecule is Cc1ccc(Cn2nc(-c3cnc(OCC(F)(F)F)nc3)ccc2=O)nn1. The van der Waals surface area contributed by atoms with Crippen molar-refractivity contribution in [2.75, 3.05) is 6.61 Å². The first-order chi connectivity index (χ1) is 12.8. The molecule has 3 rings (SSSR count). The van der Waals surface area contributed by atoms with E-state index in [1.54, 1.807) is 19.1 Å². The lowest BCUT2D eigenvalue weighted by molar-refractivity contribution is -0.154. The van der Waals surface area contributed by atoms with Crippen molar-refractivity contribution in [1.29, 1.82) is 0 Å². The summed E-state index contributed by atoms with van der Waals surface area (Å²) in [5.74, 6) is 0. The van der Waals surface area contributed by atoms with Crippen LogP contribution < -0.4 is 10.3 Å². The van der Waals surface area contributed by atoms with E-state index in [-0.39, 0.29) is 12.1 Å². The number of hydrogen-bond donors (Lipinski definition) is 0. The number of rotatable bonds is 5. The summed E-state index contributed by atoms with van der Waals surface area (Å²) in [5, 5.41) is 12.1. The Bertz CT molecular complexity index is 971. The van der Waals surface area contributed by atoms with Crippen molar-refractivity contribution in [3.05, 3.63) is 58.4 Å². The van der Waals surface area contributed by atoms with Gasteiger partial charge in [0.15, 0.2) is 6.61 Å². The van der Waals surface area contributed by atoms with Gasteiger partial charge in [-0.1, -0.05) is 0 Å². The summed E-state index contributed by atoms with van der Waals surface area (Å²) >= 11 is 0. The van der Waals surface area contributed by atoms with E-state index in [2.05, 4.69) is 30.0 Å². The molecule has 11 heteroatoms. The Labute approximate surface area is 150 Å². The second kappa shape index (κ2) is 7.48. The lowest BCUT2D eigenvalue weighted by atomic mass is 10.2. The first-order valence-electron chi connectivity index (χ1n) is 7.69. The molecular weight excluding hydrogens is 365 g/mol. The van der Waals surface area contributed by atoms with Crippen molar-refractivity contribution < 1.29 is 17.9 Å². The highest BCUT2D eigenvalue weighted by Crippen LogP contribution is 2.18. The van der Waals surface area contributed by atoms with Gasteiger partial charge in [0.1, 0.15) is 0 Å². The van der Waals surface area contributed by atoms with Crippen LogP contribution in [0.1, 0.15) is 11.4 Å². The zero-order valence-corrected chi connectivity index (χ0v) is 14.0. The van der Waals surface area contributed by atoms with Crippen LogP contribution in [-0.2, 0) is 6.54 Å². The molecule has 0 aliphatic rings. The third-order valence-corrected chi connectivity index (χ3v) is 3.32. The second-order valence-corrected chi connectivity index (χ2v) is 5.54. The molecule has 3 aromatic rings. The summed E-state index contributed by atoms with van der Waals surface area (Å²) in [5.41, 5.74) is 1.75. The first-order valence-corrected chi connectivity index (χ1v) is 7.69. The topological polar surface area (TPSA) is 95.7 Å². The fraction of sp³-hybridized carbons (Fsp3) is 0.250. The summed E-state index contributed by atoms with van der Waals surface area (Å²) in [4.78, 5) is 19.4. The van der Waals surface area contributed by atoms with E-state index in [0.717, 1.165) is 5.69 Å². The molecule has 140 valence electrons. The van der Waals surface area contributed by atoms with Crippen molar-refractivity contribution in [3.63, 3.8) is 0 Å². The Balaban J connectivity index is 1.79. The summed E-state index contributed by atoms with van der Waals surface area (Å²) in [7, 11) is 0. The molecule has 3 aromatic heterocycles. The van der Waals surface area contributed by atoms with Crippen LogP contribution >= 0.6 is 0 Å². The van der Waals surface area contributed by atoms with Gasteiger partial charge in [-0.2, -0.15) is 28.5 Å². The van der Waals surface area contributed by atoms with Gasteiger partial charge in [0, 0.05) is 24.0 Å². The average molecular weight is 378 g/mol. The summed E-state index contributed by atoms with van der Waals surface area (Å²) in [6, 6.07) is 5.88. The fourth-order valence-corrected chi connectivity index (χ4v) is 2.05. The zero-order valence-electron chi connectivity index (χ0n) is 14.0. The number of halogens is 3. The molecule has 0 radical (unpaired) electrons. The third kappa shape index (κ3) is 5.06. The highest BCUT2D eigenvalue weighted by molar-refractivity contribution is 5.55. The molecule has 0 N–H and O–H groups in total. The zero-order chi connectivity index (χ0) is 19.4. The molecule has 0 aliphatic carbocycles. The molecule has 0 saturated heterocycles. The van der Waals surface area contributed by atoms with E-state index in [0.29, 0.717) is 17.0 Å². The highest BCUT2D eigenvalue weighted by Gasteiger charge is 2.28. The van der Waals surface area contributed by atoms with Gasteiger partial charge in [-0.05, 0) is 25.1 Å². The van der Waals surface area contributed by atoms with Gasteiger partial charge in [-0.3, -0.25) is 4.79 Å². The van der Waals surface area contributed by atoms with Crippen molar-refractivity contribution in [1.82, 2.24) is 29.9 Å². The van der Waals surface area contributed by atoms with Gasteiger partial charge < -0.3 is 4.74 Å². The van der Waals surface area contributed by atoms with Crippen LogP contribution in [0.3, 0.4) is 0 Å². The summed E-state index contributed by atoms with van der Waals surface area (Å²) < 4.78 is 42.1. The quantitative estimate of drug-likeness (QED) is 0.668. The summed E-state index contributed by atoms with van der Waals surface area (Å²) in [6.45, 7) is 0.435. The van der Waals surface area contributed by atoms with E-state index in [1.807, 2.05) is 0 Å². The lowest BCUT2D eigenvalue weighted by Gasteiger charge is -2.08. The standard InChI is InChI=1S/C16H13F3N6O2/c1-10-2-3-12(23-22-10)8-25-14(26)5-4-13(24-25)11-6-20-15(21-7-11)27-9-16(17,18)19/h2-7H,8-9H2,1H3. The van der Waals surface area contributed by atoms with Crippen LogP contribution in [0.2, 0.25) is 0 Å². The van der Waals surface area contributed by atoms with Gasteiger partial charge >= 0.3 is 12.2 Å². The maximum absolute atomic E-state index is 12.1. The molecule has 0 saturated carbocycles.